The van der Waals surface area contributed by atoms with Crippen LogP contribution in [0.3, 0.4) is 0 Å². The standard InChI is InChI=1S/C15H12Cl4N2O3S/c1-25(23,24)21(14-5-2-9(16)6-13(14)19)8-15(22)20-10-3-4-11(17)12(18)7-10/h2-7H,8H2,1H3,(H,20,22). The van der Waals surface area contributed by atoms with Crippen LogP contribution in [0.25, 0.3) is 0 Å². The molecule has 10 heteroatoms. The lowest BCUT2D eigenvalue weighted by Gasteiger charge is -2.23. The van der Waals surface area contributed by atoms with Gasteiger partial charge in [0.2, 0.25) is 15.9 Å². The fraction of sp³-hybridized carbons (Fsp3) is 0.133. The molecule has 5 nitrogen and oxygen atoms in total. The molecule has 0 unspecified atom stereocenters. The summed E-state index contributed by atoms with van der Waals surface area (Å²) in [4.78, 5) is 12.3. The molecule has 0 aliphatic rings. The van der Waals surface area contributed by atoms with E-state index in [-0.39, 0.29) is 15.7 Å². The van der Waals surface area contributed by atoms with Crippen LogP contribution in [-0.2, 0) is 14.8 Å². The first-order valence-corrected chi connectivity index (χ1v) is 10.1. The van der Waals surface area contributed by atoms with E-state index in [1.54, 1.807) is 6.07 Å². The molecule has 0 aliphatic carbocycles. The van der Waals surface area contributed by atoms with Gasteiger partial charge < -0.3 is 5.32 Å². The number of carbonyl (C=O) groups excluding carboxylic acids is 1. The summed E-state index contributed by atoms with van der Waals surface area (Å²) in [5.74, 6) is -0.574. The minimum Gasteiger partial charge on any atom is -0.324 e. The van der Waals surface area contributed by atoms with Gasteiger partial charge in [-0.2, -0.15) is 0 Å². The number of nitrogens with one attached hydrogen (secondary N) is 1. The van der Waals surface area contributed by atoms with Crippen LogP contribution in [0.5, 0.6) is 0 Å². The highest BCUT2D eigenvalue weighted by Crippen LogP contribution is 2.30. The average molecular weight is 442 g/mol. The van der Waals surface area contributed by atoms with Crippen molar-refractivity contribution < 1.29 is 13.2 Å². The lowest BCUT2D eigenvalue weighted by Crippen LogP contribution is -2.37. The zero-order chi connectivity index (χ0) is 18.8. The quantitative estimate of drug-likeness (QED) is 0.730. The van der Waals surface area contributed by atoms with Crippen LogP contribution >= 0.6 is 46.4 Å². The Kier molecular flexibility index (Phi) is 6.45. The Bertz CT molecular complexity index is 919. The second-order valence-corrected chi connectivity index (χ2v) is 8.61. The van der Waals surface area contributed by atoms with Crippen molar-refractivity contribution in [2.75, 3.05) is 22.4 Å². The van der Waals surface area contributed by atoms with Gasteiger partial charge in [0.15, 0.2) is 0 Å². The van der Waals surface area contributed by atoms with Crippen molar-refractivity contribution in [3.05, 3.63) is 56.5 Å². The highest BCUT2D eigenvalue weighted by Gasteiger charge is 2.23. The molecule has 0 fully saturated rings. The van der Waals surface area contributed by atoms with Crippen molar-refractivity contribution in [2.24, 2.45) is 0 Å². The third-order valence-corrected chi connectivity index (χ3v) is 5.47. The first-order valence-electron chi connectivity index (χ1n) is 6.75. The first kappa shape index (κ1) is 20.1. The minimum absolute atomic E-state index is 0.111. The van der Waals surface area contributed by atoms with Crippen molar-refractivity contribution in [2.45, 2.75) is 0 Å². The molecule has 2 aromatic carbocycles. The molecular weight excluding hydrogens is 430 g/mol. The van der Waals surface area contributed by atoms with Crippen molar-refractivity contribution in [3.8, 4) is 0 Å². The molecule has 2 aromatic rings. The van der Waals surface area contributed by atoms with Crippen LogP contribution in [0.1, 0.15) is 0 Å². The van der Waals surface area contributed by atoms with Gasteiger partial charge in [-0.15, -0.1) is 0 Å². The van der Waals surface area contributed by atoms with Gasteiger partial charge >= 0.3 is 0 Å². The largest absolute Gasteiger partial charge is 0.324 e. The second kappa shape index (κ2) is 8.01. The van der Waals surface area contributed by atoms with Gasteiger partial charge in [0.1, 0.15) is 6.54 Å². The summed E-state index contributed by atoms with van der Waals surface area (Å²) in [6.07, 6.45) is 0.977. The third kappa shape index (κ3) is 5.39. The van der Waals surface area contributed by atoms with Gasteiger partial charge in [-0.3, -0.25) is 9.10 Å². The maximum Gasteiger partial charge on any atom is 0.245 e. The van der Waals surface area contributed by atoms with Crippen LogP contribution in [0.2, 0.25) is 20.1 Å². The predicted molar refractivity (Wildman–Crippen MR) is 104 cm³/mol. The third-order valence-electron chi connectivity index (χ3n) is 3.07. The zero-order valence-electron chi connectivity index (χ0n) is 12.8. The number of rotatable bonds is 5. The Morgan fingerprint density at radius 2 is 1.68 bits per heavy atom. The molecule has 134 valence electrons. The zero-order valence-corrected chi connectivity index (χ0v) is 16.6. The van der Waals surface area contributed by atoms with Gasteiger partial charge in [0.05, 0.1) is 27.0 Å². The maximum atomic E-state index is 12.3. The number of hydrogen-bond donors (Lipinski definition) is 1. The average Bonchev–Trinajstić information content (AvgIpc) is 2.48. The van der Waals surface area contributed by atoms with Gasteiger partial charge in [-0.1, -0.05) is 46.4 Å². The molecule has 0 heterocycles. The maximum absolute atomic E-state index is 12.3. The van der Waals surface area contributed by atoms with Crippen molar-refractivity contribution in [3.63, 3.8) is 0 Å². The Morgan fingerprint density at radius 3 is 2.24 bits per heavy atom. The molecule has 1 amide bonds. The van der Waals surface area contributed by atoms with E-state index in [9.17, 15) is 13.2 Å². The number of sulfonamides is 1. The van der Waals surface area contributed by atoms with Crippen LogP contribution in [0, 0.1) is 0 Å². The van der Waals surface area contributed by atoms with E-state index in [4.69, 9.17) is 46.4 Å². The molecule has 0 radical (unpaired) electrons. The number of nitrogens with zero attached hydrogens (tertiary/aromatic N) is 1. The van der Waals surface area contributed by atoms with Crippen molar-refractivity contribution in [1.82, 2.24) is 0 Å². The summed E-state index contributed by atoms with van der Waals surface area (Å²) in [7, 11) is -3.76. The molecule has 0 aliphatic heterocycles. The van der Waals surface area contributed by atoms with Gasteiger partial charge in [0, 0.05) is 10.7 Å². The first-order chi connectivity index (χ1) is 11.6. The second-order valence-electron chi connectivity index (χ2n) is 5.04. The molecule has 0 saturated heterocycles. The lowest BCUT2D eigenvalue weighted by atomic mass is 10.3. The number of halogens is 4. The van der Waals surface area contributed by atoms with E-state index in [1.165, 1.54) is 30.3 Å². The molecular formula is C15H12Cl4N2O3S. The lowest BCUT2D eigenvalue weighted by molar-refractivity contribution is -0.114. The fourth-order valence-corrected chi connectivity index (χ4v) is 3.70. The van der Waals surface area contributed by atoms with Crippen LogP contribution in [0.15, 0.2) is 36.4 Å². The monoisotopic (exact) mass is 440 g/mol. The van der Waals surface area contributed by atoms with Crippen LogP contribution in [0.4, 0.5) is 11.4 Å². The van der Waals surface area contributed by atoms with E-state index in [0.29, 0.717) is 15.7 Å². The van der Waals surface area contributed by atoms with E-state index in [2.05, 4.69) is 5.32 Å². The summed E-state index contributed by atoms with van der Waals surface area (Å²) in [5.41, 5.74) is 0.535. The highest BCUT2D eigenvalue weighted by molar-refractivity contribution is 7.92. The van der Waals surface area contributed by atoms with Gasteiger partial charge in [0.25, 0.3) is 0 Å². The Balaban J connectivity index is 2.25. The summed E-state index contributed by atoms with van der Waals surface area (Å²) >= 11 is 23.6. The number of carbonyl (C=O) groups is 1. The number of anilines is 2. The Morgan fingerprint density at radius 1 is 1.00 bits per heavy atom. The molecule has 0 bridgehead atoms. The Labute approximate surface area is 165 Å². The van der Waals surface area contributed by atoms with Gasteiger partial charge in [-0.25, -0.2) is 8.42 Å². The van der Waals surface area contributed by atoms with Crippen molar-refractivity contribution >= 4 is 73.7 Å². The fourth-order valence-electron chi connectivity index (χ4n) is 1.97. The Hall–Kier alpha value is -1.18. The van der Waals surface area contributed by atoms with E-state index in [0.717, 1.165) is 10.6 Å². The summed E-state index contributed by atoms with van der Waals surface area (Å²) < 4.78 is 25.0. The smallest absolute Gasteiger partial charge is 0.245 e. The molecule has 0 aromatic heterocycles. The van der Waals surface area contributed by atoms with Gasteiger partial charge in [-0.05, 0) is 36.4 Å². The molecule has 0 spiro atoms. The van der Waals surface area contributed by atoms with Crippen molar-refractivity contribution in [1.29, 1.82) is 0 Å². The molecule has 0 atom stereocenters. The predicted octanol–water partition coefficient (Wildman–Crippen LogP) is 4.70. The van der Waals surface area contributed by atoms with Crippen LogP contribution < -0.4 is 9.62 Å². The van der Waals surface area contributed by atoms with E-state index >= 15 is 0 Å². The van der Waals surface area contributed by atoms with E-state index in [1.807, 2.05) is 0 Å². The van der Waals surface area contributed by atoms with Crippen LogP contribution in [-0.4, -0.2) is 27.1 Å². The molecule has 25 heavy (non-hydrogen) atoms. The number of hydrogen-bond acceptors (Lipinski definition) is 3. The number of benzene rings is 2. The highest BCUT2D eigenvalue weighted by atomic mass is 35.5. The minimum atomic E-state index is -3.76. The van der Waals surface area contributed by atoms with E-state index < -0.39 is 22.5 Å². The topological polar surface area (TPSA) is 66.5 Å². The molecule has 0 saturated carbocycles. The summed E-state index contributed by atoms with van der Waals surface area (Å²) in [5, 5.41) is 3.62. The normalized spacial score (nSPS) is 11.2. The molecule has 2 rings (SSSR count). The summed E-state index contributed by atoms with van der Waals surface area (Å²) in [6, 6.07) is 8.83. The molecule has 1 N–H and O–H groups in total. The number of amides is 1. The summed E-state index contributed by atoms with van der Waals surface area (Å²) in [6.45, 7) is -0.472. The SMILES string of the molecule is CS(=O)(=O)N(CC(=O)Nc1ccc(Cl)c(Cl)c1)c1ccc(Cl)cc1Cl.